The van der Waals surface area contributed by atoms with E-state index in [1.807, 2.05) is 24.4 Å². The molecule has 194 valence electrons. The van der Waals surface area contributed by atoms with Crippen LogP contribution in [0.3, 0.4) is 0 Å². The minimum atomic E-state index is -0.771. The number of Topliss-reactive ketones (excluding diaryl/α,β-unsaturated/α-hetero) is 1. The number of rotatable bonds is 8. The second-order valence-electron chi connectivity index (χ2n) is 8.97. The number of carbonyl (C=O) groups excluding carboxylic acids is 2. The molecule has 8 nitrogen and oxygen atoms in total. The molecule has 1 aromatic heterocycles. The molecule has 3 aromatic carbocycles. The fourth-order valence-corrected chi connectivity index (χ4v) is 4.90. The van der Waals surface area contributed by atoms with Crippen LogP contribution in [0.5, 0.6) is 17.2 Å². The number of ether oxygens (including phenoxy) is 3. The molecule has 5 rings (SSSR count). The van der Waals surface area contributed by atoms with E-state index in [0.717, 1.165) is 22.2 Å². The standard InChI is InChI=1S/C30H28N2O6/c1-36-21-9-7-18(8-10-21)27-26(28(33)19-5-4-6-22(15-19)37-2)29(34)30(35)32(27)14-13-20-17-31-25-12-11-23(38-3)16-24(20)25/h4-12,15-17,27,31,33H,13-14H2,1-3H3/t27-/m1/s1. The summed E-state index contributed by atoms with van der Waals surface area (Å²) in [4.78, 5) is 31.5. The van der Waals surface area contributed by atoms with E-state index < -0.39 is 17.7 Å². The normalized spacial score (nSPS) is 16.7. The van der Waals surface area contributed by atoms with Gasteiger partial charge in [-0.05, 0) is 60.0 Å². The highest BCUT2D eigenvalue weighted by atomic mass is 16.5. The van der Waals surface area contributed by atoms with Crippen LogP contribution in [0.2, 0.25) is 0 Å². The summed E-state index contributed by atoms with van der Waals surface area (Å²) in [6, 6.07) is 18.9. The van der Waals surface area contributed by atoms with Gasteiger partial charge >= 0.3 is 0 Å². The first kappa shape index (κ1) is 25.0. The molecule has 0 aliphatic carbocycles. The lowest BCUT2D eigenvalue weighted by Gasteiger charge is -2.25. The van der Waals surface area contributed by atoms with Crippen LogP contribution in [-0.4, -0.2) is 54.6 Å². The van der Waals surface area contributed by atoms with Crippen molar-refractivity contribution in [2.45, 2.75) is 12.5 Å². The molecule has 38 heavy (non-hydrogen) atoms. The molecule has 0 spiro atoms. The topological polar surface area (TPSA) is 101 Å². The van der Waals surface area contributed by atoms with Crippen LogP contribution in [0.4, 0.5) is 0 Å². The van der Waals surface area contributed by atoms with E-state index in [1.165, 1.54) is 12.0 Å². The number of benzene rings is 3. The number of hydrogen-bond acceptors (Lipinski definition) is 6. The van der Waals surface area contributed by atoms with Gasteiger partial charge < -0.3 is 29.2 Å². The number of aromatic amines is 1. The number of amides is 1. The third kappa shape index (κ3) is 4.45. The van der Waals surface area contributed by atoms with Crippen molar-refractivity contribution in [2.75, 3.05) is 27.9 Å². The molecule has 1 saturated heterocycles. The van der Waals surface area contributed by atoms with Crippen molar-refractivity contribution in [3.8, 4) is 17.2 Å². The van der Waals surface area contributed by atoms with Crippen LogP contribution in [0.25, 0.3) is 16.7 Å². The summed E-state index contributed by atoms with van der Waals surface area (Å²) in [6.07, 6.45) is 2.39. The first-order chi connectivity index (χ1) is 18.4. The molecule has 2 N–H and O–H groups in total. The Kier molecular flexibility index (Phi) is 6.79. The fourth-order valence-electron chi connectivity index (χ4n) is 4.90. The lowest BCUT2D eigenvalue weighted by atomic mass is 9.95. The van der Waals surface area contributed by atoms with Crippen LogP contribution in [0, 0.1) is 0 Å². The molecule has 0 radical (unpaired) electrons. The number of nitrogens with one attached hydrogen (secondary N) is 1. The number of aliphatic hydroxyl groups excluding tert-OH is 1. The zero-order valence-corrected chi connectivity index (χ0v) is 21.4. The maximum absolute atomic E-state index is 13.4. The lowest BCUT2D eigenvalue weighted by Crippen LogP contribution is -2.31. The molecular weight excluding hydrogens is 484 g/mol. The van der Waals surface area contributed by atoms with Gasteiger partial charge in [0.25, 0.3) is 11.7 Å². The Morgan fingerprint density at radius 3 is 2.29 bits per heavy atom. The third-order valence-corrected chi connectivity index (χ3v) is 6.91. The number of ketones is 1. The minimum Gasteiger partial charge on any atom is -0.507 e. The van der Waals surface area contributed by atoms with E-state index in [-0.39, 0.29) is 17.9 Å². The van der Waals surface area contributed by atoms with Gasteiger partial charge in [-0.2, -0.15) is 0 Å². The molecule has 1 atom stereocenters. The molecule has 8 heteroatoms. The number of hydrogen-bond donors (Lipinski definition) is 2. The number of carbonyl (C=O) groups is 2. The van der Waals surface area contributed by atoms with Crippen molar-refractivity contribution >= 4 is 28.4 Å². The summed E-state index contributed by atoms with van der Waals surface area (Å²) in [7, 11) is 4.71. The van der Waals surface area contributed by atoms with Crippen molar-refractivity contribution in [2.24, 2.45) is 0 Å². The number of methoxy groups -OCH3 is 3. The summed E-state index contributed by atoms with van der Waals surface area (Å²) in [6.45, 7) is 0.264. The van der Waals surface area contributed by atoms with Gasteiger partial charge in [0.1, 0.15) is 23.0 Å². The van der Waals surface area contributed by atoms with E-state index >= 15 is 0 Å². The number of fused-ring (bicyclic) bond motifs is 1. The van der Waals surface area contributed by atoms with Gasteiger partial charge in [0, 0.05) is 29.2 Å². The smallest absolute Gasteiger partial charge is 0.295 e. The Morgan fingerprint density at radius 1 is 0.895 bits per heavy atom. The zero-order chi connectivity index (χ0) is 26.8. The third-order valence-electron chi connectivity index (χ3n) is 6.91. The summed E-state index contributed by atoms with van der Waals surface area (Å²) in [5.74, 6) is 0.266. The van der Waals surface area contributed by atoms with Crippen LogP contribution in [0.15, 0.2) is 78.5 Å². The maximum atomic E-state index is 13.4. The average molecular weight is 513 g/mol. The predicted octanol–water partition coefficient (Wildman–Crippen LogP) is 4.86. The molecule has 0 unspecified atom stereocenters. The van der Waals surface area contributed by atoms with Crippen molar-refractivity contribution in [3.05, 3.63) is 95.2 Å². The second kappa shape index (κ2) is 10.3. The molecule has 1 aliphatic heterocycles. The van der Waals surface area contributed by atoms with Crippen molar-refractivity contribution in [1.82, 2.24) is 9.88 Å². The van der Waals surface area contributed by atoms with Gasteiger partial charge in [-0.1, -0.05) is 24.3 Å². The van der Waals surface area contributed by atoms with Gasteiger partial charge in [-0.25, -0.2) is 0 Å². The first-order valence-electron chi connectivity index (χ1n) is 12.2. The van der Waals surface area contributed by atoms with Gasteiger partial charge in [-0.3, -0.25) is 9.59 Å². The van der Waals surface area contributed by atoms with Crippen LogP contribution < -0.4 is 14.2 Å². The van der Waals surface area contributed by atoms with E-state index in [2.05, 4.69) is 4.98 Å². The quantitative estimate of drug-likeness (QED) is 0.199. The summed E-state index contributed by atoms with van der Waals surface area (Å²) in [5.41, 5.74) is 3.06. The van der Waals surface area contributed by atoms with E-state index in [1.54, 1.807) is 62.8 Å². The molecule has 0 bridgehead atoms. The Balaban J connectivity index is 1.56. The highest BCUT2D eigenvalue weighted by molar-refractivity contribution is 6.46. The van der Waals surface area contributed by atoms with Gasteiger partial charge in [-0.15, -0.1) is 0 Å². The Labute approximate surface area is 220 Å². The van der Waals surface area contributed by atoms with Crippen molar-refractivity contribution in [1.29, 1.82) is 0 Å². The number of aromatic nitrogens is 1. The molecule has 1 fully saturated rings. The highest BCUT2D eigenvalue weighted by Gasteiger charge is 2.46. The predicted molar refractivity (Wildman–Crippen MR) is 144 cm³/mol. The number of nitrogens with zero attached hydrogens (tertiary/aromatic N) is 1. The second-order valence-corrected chi connectivity index (χ2v) is 8.97. The van der Waals surface area contributed by atoms with Gasteiger partial charge in [0.05, 0.1) is 32.9 Å². The molecule has 1 amide bonds. The minimum absolute atomic E-state index is 0.0361. The van der Waals surface area contributed by atoms with Crippen LogP contribution >= 0.6 is 0 Å². The first-order valence-corrected chi connectivity index (χ1v) is 12.2. The van der Waals surface area contributed by atoms with Crippen LogP contribution in [-0.2, 0) is 16.0 Å². The van der Waals surface area contributed by atoms with E-state index in [0.29, 0.717) is 29.0 Å². The summed E-state index contributed by atoms with van der Waals surface area (Å²) in [5, 5.41) is 12.3. The zero-order valence-electron chi connectivity index (χ0n) is 21.4. The van der Waals surface area contributed by atoms with Crippen LogP contribution in [0.1, 0.15) is 22.7 Å². The summed E-state index contributed by atoms with van der Waals surface area (Å²) >= 11 is 0. The SMILES string of the molecule is COc1ccc([C@@H]2C(=C(O)c3cccc(OC)c3)C(=O)C(=O)N2CCc2c[nH]c3ccc(OC)cc23)cc1. The van der Waals surface area contributed by atoms with E-state index in [4.69, 9.17) is 14.2 Å². The molecular formula is C30H28N2O6. The molecule has 0 saturated carbocycles. The molecule has 4 aromatic rings. The molecule has 1 aliphatic rings. The van der Waals surface area contributed by atoms with Crippen molar-refractivity contribution in [3.63, 3.8) is 0 Å². The number of H-pyrrole nitrogens is 1. The highest BCUT2D eigenvalue weighted by Crippen LogP contribution is 2.40. The Bertz CT molecular complexity index is 1540. The fraction of sp³-hybridized carbons (Fsp3) is 0.200. The Hall–Kier alpha value is -4.72. The monoisotopic (exact) mass is 512 g/mol. The van der Waals surface area contributed by atoms with E-state index in [9.17, 15) is 14.7 Å². The largest absolute Gasteiger partial charge is 0.507 e. The summed E-state index contributed by atoms with van der Waals surface area (Å²) < 4.78 is 15.9. The molecule has 2 heterocycles. The Morgan fingerprint density at radius 2 is 1.58 bits per heavy atom. The van der Waals surface area contributed by atoms with Crippen molar-refractivity contribution < 1.29 is 28.9 Å². The number of likely N-dealkylation sites (tertiary alicyclic amines) is 1. The lowest BCUT2D eigenvalue weighted by molar-refractivity contribution is -0.139. The van der Waals surface area contributed by atoms with Gasteiger partial charge in [0.15, 0.2) is 0 Å². The number of aliphatic hydroxyl groups is 1. The maximum Gasteiger partial charge on any atom is 0.295 e. The van der Waals surface area contributed by atoms with Gasteiger partial charge in [0.2, 0.25) is 0 Å². The average Bonchev–Trinajstić information content (AvgIpc) is 3.48.